The van der Waals surface area contributed by atoms with E-state index in [0.717, 1.165) is 19.4 Å². The van der Waals surface area contributed by atoms with Crippen LogP contribution in [0.1, 0.15) is 24.5 Å². The van der Waals surface area contributed by atoms with Crippen molar-refractivity contribution in [1.82, 2.24) is 9.88 Å². The highest BCUT2D eigenvalue weighted by Crippen LogP contribution is 2.23. The van der Waals surface area contributed by atoms with Gasteiger partial charge in [0.15, 0.2) is 0 Å². The minimum Gasteiger partial charge on any atom is -0.361 e. The number of likely N-dealkylation sites (N-methyl/N-ethyl adjacent to an activating group) is 1. The van der Waals surface area contributed by atoms with Gasteiger partial charge in [0.2, 0.25) is 0 Å². The van der Waals surface area contributed by atoms with Gasteiger partial charge in [0.1, 0.15) is 0 Å². The molecule has 0 spiro atoms. The highest BCUT2D eigenvalue weighted by atomic mass is 15.0. The smallest absolute Gasteiger partial charge is 0.0489 e. The number of aromatic amines is 1. The van der Waals surface area contributed by atoms with Gasteiger partial charge < -0.3 is 9.88 Å². The normalized spacial score (nSPS) is 11.5. The van der Waals surface area contributed by atoms with Gasteiger partial charge in [0.05, 0.1) is 0 Å². The van der Waals surface area contributed by atoms with Crippen LogP contribution in [0.3, 0.4) is 0 Å². The topological polar surface area (TPSA) is 19.0 Å². The summed E-state index contributed by atoms with van der Waals surface area (Å²) < 4.78 is 0. The summed E-state index contributed by atoms with van der Waals surface area (Å²) in [5.41, 5.74) is 4.22. The summed E-state index contributed by atoms with van der Waals surface area (Å²) in [5, 5.41) is 1.40. The van der Waals surface area contributed by atoms with Gasteiger partial charge in [-0.2, -0.15) is 0 Å². The van der Waals surface area contributed by atoms with Gasteiger partial charge in [-0.3, -0.25) is 0 Å². The molecule has 1 heterocycles. The molecule has 0 saturated heterocycles. The lowest BCUT2D eigenvalue weighted by Crippen LogP contribution is -2.14. The van der Waals surface area contributed by atoms with E-state index in [1.165, 1.54) is 28.5 Å². The Morgan fingerprint density at radius 2 is 1.94 bits per heavy atom. The van der Waals surface area contributed by atoms with Gasteiger partial charge in [-0.25, -0.2) is 0 Å². The maximum Gasteiger partial charge on any atom is 0.0489 e. The molecule has 0 aliphatic rings. The molecule has 92 valence electrons. The predicted octanol–water partition coefficient (Wildman–Crippen LogP) is 3.22. The molecule has 0 amide bonds. The Hall–Kier alpha value is -1.28. The van der Waals surface area contributed by atoms with E-state index in [4.69, 9.17) is 0 Å². The number of fused-ring (bicyclic) bond motifs is 1. The Balaban J connectivity index is 2.30. The van der Waals surface area contributed by atoms with Crippen LogP contribution in [0.4, 0.5) is 0 Å². The van der Waals surface area contributed by atoms with Crippen LogP contribution in [0.25, 0.3) is 10.9 Å². The van der Waals surface area contributed by atoms with E-state index in [0.29, 0.717) is 0 Å². The van der Waals surface area contributed by atoms with Gasteiger partial charge in [-0.15, -0.1) is 0 Å². The van der Waals surface area contributed by atoms with Crippen LogP contribution in [0.2, 0.25) is 0 Å². The number of rotatable bonds is 5. The molecular formula is C15H22N2. The third-order valence-corrected chi connectivity index (χ3v) is 3.24. The van der Waals surface area contributed by atoms with E-state index in [2.05, 4.69) is 55.3 Å². The van der Waals surface area contributed by atoms with Gasteiger partial charge in [-0.1, -0.05) is 31.5 Å². The Morgan fingerprint density at radius 3 is 2.65 bits per heavy atom. The van der Waals surface area contributed by atoms with E-state index >= 15 is 0 Å². The maximum atomic E-state index is 3.45. The molecule has 1 aromatic heterocycles. The molecule has 0 aliphatic carbocycles. The number of aryl methyl sites for hydroxylation is 1. The molecule has 2 heteroatoms. The van der Waals surface area contributed by atoms with E-state index in [1.54, 1.807) is 0 Å². The molecule has 2 nitrogen and oxygen atoms in total. The lowest BCUT2D eigenvalue weighted by atomic mass is 10.0. The van der Waals surface area contributed by atoms with Crippen LogP contribution in [0, 0.1) is 0 Å². The second-order valence-corrected chi connectivity index (χ2v) is 4.96. The zero-order valence-corrected chi connectivity index (χ0v) is 11.1. The summed E-state index contributed by atoms with van der Waals surface area (Å²) in [5.74, 6) is 0. The third kappa shape index (κ3) is 2.70. The van der Waals surface area contributed by atoms with Crippen LogP contribution in [0.15, 0.2) is 24.4 Å². The van der Waals surface area contributed by atoms with Crippen molar-refractivity contribution in [1.29, 1.82) is 0 Å². The number of nitrogens with one attached hydrogen (secondary N) is 1. The summed E-state index contributed by atoms with van der Waals surface area (Å²) >= 11 is 0. The van der Waals surface area contributed by atoms with Crippen molar-refractivity contribution in [3.8, 4) is 0 Å². The standard InChI is InChI=1S/C15H22N2/c1-4-6-12-7-5-8-14-13(9-10-17(2)3)11-16-15(12)14/h5,7-8,11,16H,4,6,9-10H2,1-3H3. The molecule has 2 aromatic rings. The number of aromatic nitrogens is 1. The number of benzene rings is 1. The van der Waals surface area contributed by atoms with E-state index < -0.39 is 0 Å². The zero-order valence-electron chi connectivity index (χ0n) is 11.1. The minimum atomic E-state index is 1.10. The first-order chi connectivity index (χ1) is 8.22. The molecular weight excluding hydrogens is 208 g/mol. The summed E-state index contributed by atoms with van der Waals surface area (Å²) in [7, 11) is 4.24. The average molecular weight is 230 g/mol. The highest BCUT2D eigenvalue weighted by Gasteiger charge is 2.06. The molecule has 2 rings (SSSR count). The summed E-state index contributed by atoms with van der Waals surface area (Å²) in [6.45, 7) is 3.33. The lowest BCUT2D eigenvalue weighted by molar-refractivity contribution is 0.414. The Morgan fingerprint density at radius 1 is 1.12 bits per heavy atom. The fourth-order valence-electron chi connectivity index (χ4n) is 2.30. The quantitative estimate of drug-likeness (QED) is 0.835. The third-order valence-electron chi connectivity index (χ3n) is 3.24. The number of H-pyrrole nitrogens is 1. The van der Waals surface area contributed by atoms with Crippen molar-refractivity contribution < 1.29 is 0 Å². The van der Waals surface area contributed by atoms with Gasteiger partial charge >= 0.3 is 0 Å². The first kappa shape index (κ1) is 12.2. The minimum absolute atomic E-state index is 1.10. The van der Waals surface area contributed by atoms with E-state index in [-0.39, 0.29) is 0 Å². The first-order valence-electron chi connectivity index (χ1n) is 6.45. The summed E-state index contributed by atoms with van der Waals surface area (Å²) in [6.07, 6.45) is 5.64. The highest BCUT2D eigenvalue weighted by molar-refractivity contribution is 5.86. The first-order valence-corrected chi connectivity index (χ1v) is 6.45. The lowest BCUT2D eigenvalue weighted by Gasteiger charge is -2.08. The molecule has 1 N–H and O–H groups in total. The van der Waals surface area contributed by atoms with Crippen molar-refractivity contribution in [3.63, 3.8) is 0 Å². The Kier molecular flexibility index (Phi) is 3.85. The molecule has 0 unspecified atom stereocenters. The zero-order chi connectivity index (χ0) is 12.3. The van der Waals surface area contributed by atoms with Crippen LogP contribution >= 0.6 is 0 Å². The van der Waals surface area contributed by atoms with Crippen molar-refractivity contribution >= 4 is 10.9 Å². The fourth-order valence-corrected chi connectivity index (χ4v) is 2.30. The van der Waals surface area contributed by atoms with Crippen molar-refractivity contribution in [2.24, 2.45) is 0 Å². The van der Waals surface area contributed by atoms with Crippen molar-refractivity contribution in [2.45, 2.75) is 26.2 Å². The van der Waals surface area contributed by atoms with Crippen molar-refractivity contribution in [2.75, 3.05) is 20.6 Å². The molecule has 0 radical (unpaired) electrons. The number of nitrogens with zero attached hydrogens (tertiary/aromatic N) is 1. The Bertz CT molecular complexity index is 483. The predicted molar refractivity (Wildman–Crippen MR) is 74.6 cm³/mol. The molecule has 17 heavy (non-hydrogen) atoms. The number of hydrogen-bond donors (Lipinski definition) is 1. The number of hydrogen-bond acceptors (Lipinski definition) is 1. The summed E-state index contributed by atoms with van der Waals surface area (Å²) in [6, 6.07) is 6.65. The van der Waals surface area contributed by atoms with Gasteiger partial charge in [-0.05, 0) is 38.1 Å². The summed E-state index contributed by atoms with van der Waals surface area (Å²) in [4.78, 5) is 5.68. The Labute approximate surface area is 104 Å². The SMILES string of the molecule is CCCc1cccc2c(CCN(C)C)c[nH]c12. The molecule has 1 aromatic carbocycles. The largest absolute Gasteiger partial charge is 0.361 e. The van der Waals surface area contributed by atoms with Gasteiger partial charge in [0, 0.05) is 23.6 Å². The molecule has 0 fully saturated rings. The van der Waals surface area contributed by atoms with E-state index in [9.17, 15) is 0 Å². The number of para-hydroxylation sites is 1. The maximum absolute atomic E-state index is 3.45. The van der Waals surface area contributed by atoms with Crippen LogP contribution in [-0.4, -0.2) is 30.5 Å². The van der Waals surface area contributed by atoms with Crippen molar-refractivity contribution in [3.05, 3.63) is 35.5 Å². The van der Waals surface area contributed by atoms with Crippen LogP contribution < -0.4 is 0 Å². The monoisotopic (exact) mass is 230 g/mol. The van der Waals surface area contributed by atoms with E-state index in [1.807, 2.05) is 0 Å². The van der Waals surface area contributed by atoms with Crippen LogP contribution in [-0.2, 0) is 12.8 Å². The molecule has 0 saturated carbocycles. The fraction of sp³-hybridized carbons (Fsp3) is 0.467. The molecule has 0 aliphatic heterocycles. The van der Waals surface area contributed by atoms with Gasteiger partial charge in [0.25, 0.3) is 0 Å². The molecule has 0 bridgehead atoms. The average Bonchev–Trinajstić information content (AvgIpc) is 2.71. The molecule has 0 atom stereocenters. The van der Waals surface area contributed by atoms with Crippen LogP contribution in [0.5, 0.6) is 0 Å². The second-order valence-electron chi connectivity index (χ2n) is 4.96. The second kappa shape index (κ2) is 5.37.